The molecule has 1 aromatic rings. The van der Waals surface area contributed by atoms with E-state index in [1.807, 2.05) is 7.05 Å². The van der Waals surface area contributed by atoms with Crippen LogP contribution in [0, 0.1) is 5.82 Å². The fourth-order valence-electron chi connectivity index (χ4n) is 1.84. The van der Waals surface area contributed by atoms with Gasteiger partial charge in [-0.25, -0.2) is 4.39 Å². The van der Waals surface area contributed by atoms with E-state index in [9.17, 15) is 4.39 Å². The molecule has 0 aliphatic rings. The van der Waals surface area contributed by atoms with Crippen molar-refractivity contribution in [3.05, 3.63) is 29.6 Å². The average Bonchev–Trinajstić information content (AvgIpc) is 2.34. The Kier molecular flexibility index (Phi) is 7.32. The first kappa shape index (κ1) is 15.5. The molecule has 0 spiro atoms. The molecule has 4 heteroatoms. The van der Waals surface area contributed by atoms with Crippen LogP contribution in [0.1, 0.15) is 19.4 Å². The quantitative estimate of drug-likeness (QED) is 0.731. The smallest absolute Gasteiger partial charge is 0.124 e. The zero-order valence-corrected chi connectivity index (χ0v) is 12.3. The normalized spacial score (nSPS) is 11.2. The van der Waals surface area contributed by atoms with E-state index < -0.39 is 0 Å². The van der Waals surface area contributed by atoms with Crippen molar-refractivity contribution < 1.29 is 4.39 Å². The third kappa shape index (κ3) is 5.38. The van der Waals surface area contributed by atoms with Gasteiger partial charge >= 0.3 is 0 Å². The third-order valence-electron chi connectivity index (χ3n) is 2.88. The molecule has 2 nitrogen and oxygen atoms in total. The zero-order valence-electron chi connectivity index (χ0n) is 11.5. The Balaban J connectivity index is 2.51. The summed E-state index contributed by atoms with van der Waals surface area (Å²) in [6, 6.07) is 5.27. The van der Waals surface area contributed by atoms with Gasteiger partial charge in [-0.3, -0.25) is 0 Å². The lowest BCUT2D eigenvalue weighted by atomic mass is 10.2. The van der Waals surface area contributed by atoms with Crippen LogP contribution in [-0.4, -0.2) is 37.3 Å². The fourth-order valence-corrected chi connectivity index (χ4v) is 2.86. The minimum absolute atomic E-state index is 0.145. The predicted octanol–water partition coefficient (Wildman–Crippen LogP) is 2.98. The van der Waals surface area contributed by atoms with Crippen LogP contribution in [0.15, 0.2) is 23.1 Å². The highest BCUT2D eigenvalue weighted by Crippen LogP contribution is 2.21. The summed E-state index contributed by atoms with van der Waals surface area (Å²) in [5.41, 5.74) is 1.00. The van der Waals surface area contributed by atoms with Gasteiger partial charge in [-0.1, -0.05) is 13.8 Å². The van der Waals surface area contributed by atoms with Crippen molar-refractivity contribution in [2.24, 2.45) is 0 Å². The summed E-state index contributed by atoms with van der Waals surface area (Å²) in [7, 11) is 1.87. The van der Waals surface area contributed by atoms with E-state index >= 15 is 0 Å². The number of halogens is 1. The Labute approximate surface area is 114 Å². The number of nitrogens with zero attached hydrogens (tertiary/aromatic N) is 1. The van der Waals surface area contributed by atoms with Crippen molar-refractivity contribution >= 4 is 11.8 Å². The minimum atomic E-state index is -0.145. The molecule has 0 aliphatic heterocycles. The van der Waals surface area contributed by atoms with Crippen molar-refractivity contribution in [3.8, 4) is 0 Å². The molecule has 18 heavy (non-hydrogen) atoms. The Hall–Kier alpha value is -0.580. The van der Waals surface area contributed by atoms with Gasteiger partial charge in [-0.2, -0.15) is 0 Å². The molecular weight excluding hydrogens is 247 g/mol. The van der Waals surface area contributed by atoms with E-state index in [4.69, 9.17) is 0 Å². The minimum Gasteiger partial charge on any atom is -0.316 e. The third-order valence-corrected chi connectivity index (χ3v) is 3.84. The van der Waals surface area contributed by atoms with Crippen molar-refractivity contribution in [3.63, 3.8) is 0 Å². The van der Waals surface area contributed by atoms with Crippen LogP contribution in [0.2, 0.25) is 0 Å². The highest BCUT2D eigenvalue weighted by Gasteiger charge is 2.03. The molecule has 1 aromatic carbocycles. The Bertz CT molecular complexity index is 354. The van der Waals surface area contributed by atoms with E-state index in [2.05, 4.69) is 30.1 Å². The Morgan fingerprint density at radius 1 is 1.22 bits per heavy atom. The molecule has 0 atom stereocenters. The van der Waals surface area contributed by atoms with Crippen LogP contribution in [0.3, 0.4) is 0 Å². The molecule has 1 N–H and O–H groups in total. The first-order valence-corrected chi connectivity index (χ1v) is 7.47. The van der Waals surface area contributed by atoms with Gasteiger partial charge < -0.3 is 10.2 Å². The number of benzene rings is 1. The fraction of sp³-hybridized carbons (Fsp3) is 0.571. The zero-order chi connectivity index (χ0) is 13.4. The summed E-state index contributed by atoms with van der Waals surface area (Å²) < 4.78 is 13.4. The molecule has 0 aliphatic carbocycles. The van der Waals surface area contributed by atoms with Gasteiger partial charge in [-0.05, 0) is 43.9 Å². The molecule has 0 aromatic heterocycles. The van der Waals surface area contributed by atoms with Crippen molar-refractivity contribution in [1.29, 1.82) is 0 Å². The van der Waals surface area contributed by atoms with Gasteiger partial charge in [-0.15, -0.1) is 11.8 Å². The maximum atomic E-state index is 13.4. The van der Waals surface area contributed by atoms with Crippen LogP contribution in [0.25, 0.3) is 0 Å². The predicted molar refractivity (Wildman–Crippen MR) is 77.7 cm³/mol. The van der Waals surface area contributed by atoms with Crippen molar-refractivity contribution in [2.75, 3.05) is 32.4 Å². The van der Waals surface area contributed by atoms with Gasteiger partial charge in [0.1, 0.15) is 5.82 Å². The lowest BCUT2D eigenvalue weighted by Gasteiger charge is -2.17. The number of thioether (sulfide) groups is 1. The maximum Gasteiger partial charge on any atom is 0.124 e. The Morgan fingerprint density at radius 2 is 1.94 bits per heavy atom. The highest BCUT2D eigenvalue weighted by atomic mass is 32.2. The highest BCUT2D eigenvalue weighted by molar-refractivity contribution is 7.99. The average molecular weight is 270 g/mol. The second kappa shape index (κ2) is 8.51. The Morgan fingerprint density at radius 3 is 2.56 bits per heavy atom. The standard InChI is InChI=1S/C14H23FN2S/c1-4-17(5-2)6-7-18-14-9-12(11-16-3)8-13(15)10-14/h8-10,16H,4-7,11H2,1-3H3. The van der Waals surface area contributed by atoms with Crippen LogP contribution in [0.5, 0.6) is 0 Å². The maximum absolute atomic E-state index is 13.4. The number of rotatable bonds is 8. The lowest BCUT2D eigenvalue weighted by Crippen LogP contribution is -2.25. The van der Waals surface area contributed by atoms with E-state index in [1.165, 1.54) is 0 Å². The van der Waals surface area contributed by atoms with Gasteiger partial charge in [0.25, 0.3) is 0 Å². The molecule has 102 valence electrons. The van der Waals surface area contributed by atoms with Crippen LogP contribution >= 0.6 is 11.8 Å². The van der Waals surface area contributed by atoms with Gasteiger partial charge in [0.05, 0.1) is 0 Å². The topological polar surface area (TPSA) is 15.3 Å². The van der Waals surface area contributed by atoms with E-state index in [0.29, 0.717) is 6.54 Å². The first-order valence-electron chi connectivity index (χ1n) is 6.48. The molecule has 0 heterocycles. The lowest BCUT2D eigenvalue weighted by molar-refractivity contribution is 0.324. The summed E-state index contributed by atoms with van der Waals surface area (Å²) in [4.78, 5) is 3.40. The summed E-state index contributed by atoms with van der Waals surface area (Å²) in [5, 5.41) is 3.05. The summed E-state index contributed by atoms with van der Waals surface area (Å²) >= 11 is 1.72. The van der Waals surface area contributed by atoms with Crippen LogP contribution in [0.4, 0.5) is 4.39 Å². The van der Waals surface area contributed by atoms with Gasteiger partial charge in [0, 0.05) is 23.7 Å². The molecular formula is C14H23FN2S. The molecule has 0 amide bonds. The molecule has 0 saturated heterocycles. The molecule has 0 saturated carbocycles. The molecule has 0 fully saturated rings. The van der Waals surface area contributed by atoms with Crippen LogP contribution in [-0.2, 0) is 6.54 Å². The second-order valence-electron chi connectivity index (χ2n) is 4.20. The van der Waals surface area contributed by atoms with Crippen molar-refractivity contribution in [1.82, 2.24) is 10.2 Å². The molecule has 0 unspecified atom stereocenters. The molecule has 1 rings (SSSR count). The first-order chi connectivity index (χ1) is 8.69. The number of hydrogen-bond donors (Lipinski definition) is 1. The number of hydrogen-bond acceptors (Lipinski definition) is 3. The molecule has 0 radical (unpaired) electrons. The van der Waals surface area contributed by atoms with Crippen molar-refractivity contribution in [2.45, 2.75) is 25.3 Å². The van der Waals surface area contributed by atoms with E-state index in [1.54, 1.807) is 23.9 Å². The van der Waals surface area contributed by atoms with Gasteiger partial charge in [0.15, 0.2) is 0 Å². The summed E-state index contributed by atoms with van der Waals surface area (Å²) in [6.45, 7) is 8.25. The van der Waals surface area contributed by atoms with E-state index in [-0.39, 0.29) is 5.82 Å². The number of nitrogens with one attached hydrogen (secondary N) is 1. The largest absolute Gasteiger partial charge is 0.316 e. The van der Waals surface area contributed by atoms with Gasteiger partial charge in [0.2, 0.25) is 0 Å². The summed E-state index contributed by atoms with van der Waals surface area (Å²) in [6.07, 6.45) is 0. The molecule has 0 bridgehead atoms. The SMILES string of the molecule is CCN(CC)CCSc1cc(F)cc(CNC)c1. The second-order valence-corrected chi connectivity index (χ2v) is 5.37. The summed E-state index contributed by atoms with van der Waals surface area (Å²) in [5.74, 6) is 0.859. The van der Waals surface area contributed by atoms with E-state index in [0.717, 1.165) is 35.8 Å². The monoisotopic (exact) mass is 270 g/mol. The van der Waals surface area contributed by atoms with Crippen LogP contribution < -0.4 is 5.32 Å².